The highest BCUT2D eigenvalue weighted by Crippen LogP contribution is 2.50. The number of hydrazone groups is 1. The predicted molar refractivity (Wildman–Crippen MR) is 141 cm³/mol. The van der Waals surface area contributed by atoms with Crippen LogP contribution in [0.2, 0.25) is 5.02 Å². The van der Waals surface area contributed by atoms with E-state index in [1.807, 2.05) is 78.9 Å². The average molecular weight is 497 g/mol. The standard InChI is InChI=1S/C30H25ClN2O3/c1-34-28-9-5-8-25-27-18-26(21-6-3-2-4-7-21)32-33(27)30(36-29(25)28)22-12-16-24(17-13-22)35-19-20-10-14-23(31)15-11-20/h2-17,27,30H,18-19H2,1H3/t27-,30+/m0/s1. The number of benzene rings is 4. The van der Waals surface area contributed by atoms with E-state index in [0.717, 1.165) is 51.6 Å². The molecule has 6 rings (SSSR count). The third-order valence-electron chi connectivity index (χ3n) is 6.59. The minimum absolute atomic E-state index is 0.0601. The van der Waals surface area contributed by atoms with Gasteiger partial charge in [0.05, 0.1) is 18.9 Å². The van der Waals surface area contributed by atoms with Crippen molar-refractivity contribution in [3.8, 4) is 17.2 Å². The van der Waals surface area contributed by atoms with Crippen molar-refractivity contribution in [1.82, 2.24) is 5.01 Å². The Labute approximate surface area is 215 Å². The van der Waals surface area contributed by atoms with E-state index >= 15 is 0 Å². The maximum Gasteiger partial charge on any atom is 0.214 e. The number of methoxy groups -OCH3 is 1. The first-order chi connectivity index (χ1) is 17.7. The molecule has 5 nitrogen and oxygen atoms in total. The summed E-state index contributed by atoms with van der Waals surface area (Å²) in [7, 11) is 1.67. The second-order valence-electron chi connectivity index (χ2n) is 8.85. The number of nitrogens with zero attached hydrogens (tertiary/aromatic N) is 2. The van der Waals surface area contributed by atoms with Gasteiger partial charge in [0.25, 0.3) is 0 Å². The maximum atomic E-state index is 6.56. The molecule has 0 bridgehead atoms. The number of ether oxygens (including phenoxy) is 3. The quantitative estimate of drug-likeness (QED) is 0.284. The zero-order valence-corrected chi connectivity index (χ0v) is 20.6. The fourth-order valence-electron chi connectivity index (χ4n) is 4.75. The number of para-hydroxylation sites is 1. The van der Waals surface area contributed by atoms with Gasteiger partial charge in [-0.05, 0) is 53.6 Å². The van der Waals surface area contributed by atoms with Gasteiger partial charge in [-0.2, -0.15) is 5.10 Å². The molecule has 36 heavy (non-hydrogen) atoms. The van der Waals surface area contributed by atoms with Gasteiger partial charge in [-0.25, -0.2) is 5.01 Å². The molecule has 0 fully saturated rings. The van der Waals surface area contributed by atoms with Crippen LogP contribution in [0.4, 0.5) is 0 Å². The SMILES string of the molecule is COc1cccc2c1O[C@H](c1ccc(OCc3ccc(Cl)cc3)cc1)N1N=C(c3ccccc3)C[C@@H]21. The number of hydrogen-bond acceptors (Lipinski definition) is 5. The summed E-state index contributed by atoms with van der Waals surface area (Å²) >= 11 is 5.98. The predicted octanol–water partition coefficient (Wildman–Crippen LogP) is 7.17. The minimum Gasteiger partial charge on any atom is -0.493 e. The molecule has 4 aromatic carbocycles. The molecule has 0 aliphatic carbocycles. The van der Waals surface area contributed by atoms with Gasteiger partial charge in [-0.15, -0.1) is 0 Å². The second kappa shape index (κ2) is 9.59. The lowest BCUT2D eigenvalue weighted by atomic mass is 9.95. The van der Waals surface area contributed by atoms with E-state index in [1.165, 1.54) is 0 Å². The van der Waals surface area contributed by atoms with Crippen molar-refractivity contribution in [1.29, 1.82) is 0 Å². The summed E-state index contributed by atoms with van der Waals surface area (Å²) in [6.07, 6.45) is 0.414. The lowest BCUT2D eigenvalue weighted by Gasteiger charge is -2.38. The van der Waals surface area contributed by atoms with Gasteiger partial charge in [0, 0.05) is 22.6 Å². The van der Waals surface area contributed by atoms with Crippen LogP contribution < -0.4 is 14.2 Å². The van der Waals surface area contributed by atoms with E-state index in [2.05, 4.69) is 23.2 Å². The first-order valence-corrected chi connectivity index (χ1v) is 12.3. The van der Waals surface area contributed by atoms with Crippen molar-refractivity contribution in [2.75, 3.05) is 7.11 Å². The van der Waals surface area contributed by atoms with Crippen LogP contribution >= 0.6 is 11.6 Å². The van der Waals surface area contributed by atoms with Gasteiger partial charge in [-0.1, -0.05) is 66.2 Å². The van der Waals surface area contributed by atoms with Crippen LogP contribution in [-0.2, 0) is 6.61 Å². The summed E-state index contributed by atoms with van der Waals surface area (Å²) in [5.74, 6) is 2.29. The molecule has 2 aliphatic heterocycles. The molecule has 4 aromatic rings. The van der Waals surface area contributed by atoms with Crippen LogP contribution in [0.3, 0.4) is 0 Å². The van der Waals surface area contributed by atoms with E-state index < -0.39 is 0 Å². The molecule has 2 aliphatic rings. The molecule has 0 saturated heterocycles. The molecular weight excluding hydrogens is 472 g/mol. The number of fused-ring (bicyclic) bond motifs is 3. The van der Waals surface area contributed by atoms with Crippen LogP contribution in [-0.4, -0.2) is 17.8 Å². The summed E-state index contributed by atoms with van der Waals surface area (Å²) in [6, 6.07) is 32.1. The highest BCUT2D eigenvalue weighted by molar-refractivity contribution is 6.30. The monoisotopic (exact) mass is 496 g/mol. The molecule has 0 saturated carbocycles. The van der Waals surface area contributed by atoms with E-state index in [1.54, 1.807) is 7.11 Å². The maximum absolute atomic E-state index is 6.56. The van der Waals surface area contributed by atoms with Gasteiger partial charge < -0.3 is 14.2 Å². The Morgan fingerprint density at radius 1 is 0.917 bits per heavy atom. The highest BCUT2D eigenvalue weighted by Gasteiger charge is 2.42. The minimum atomic E-state index is -0.384. The molecule has 0 radical (unpaired) electrons. The molecule has 6 heteroatoms. The van der Waals surface area contributed by atoms with Crippen LogP contribution in [0.25, 0.3) is 0 Å². The van der Waals surface area contributed by atoms with Gasteiger partial charge in [0.2, 0.25) is 6.23 Å². The summed E-state index contributed by atoms with van der Waals surface area (Å²) < 4.78 is 18.2. The third kappa shape index (κ3) is 4.27. The van der Waals surface area contributed by atoms with E-state index in [0.29, 0.717) is 11.6 Å². The number of rotatable bonds is 6. The van der Waals surface area contributed by atoms with Crippen molar-refractivity contribution in [3.05, 3.63) is 124 Å². The fraction of sp³-hybridized carbons (Fsp3) is 0.167. The lowest BCUT2D eigenvalue weighted by molar-refractivity contribution is -0.0209. The zero-order chi connectivity index (χ0) is 24.5. The number of hydrogen-bond donors (Lipinski definition) is 0. The van der Waals surface area contributed by atoms with Crippen molar-refractivity contribution in [3.63, 3.8) is 0 Å². The molecule has 2 atom stereocenters. The Bertz CT molecular complexity index is 1390. The Morgan fingerprint density at radius 3 is 2.44 bits per heavy atom. The van der Waals surface area contributed by atoms with Crippen molar-refractivity contribution in [2.24, 2.45) is 5.10 Å². The van der Waals surface area contributed by atoms with Gasteiger partial charge in [0.15, 0.2) is 11.5 Å². The Kier molecular flexibility index (Phi) is 5.99. The van der Waals surface area contributed by atoms with E-state index in [-0.39, 0.29) is 12.3 Å². The molecule has 0 spiro atoms. The molecule has 0 amide bonds. The van der Waals surface area contributed by atoms with Crippen LogP contribution in [0, 0.1) is 0 Å². The van der Waals surface area contributed by atoms with Crippen molar-refractivity contribution in [2.45, 2.75) is 25.3 Å². The first kappa shape index (κ1) is 22.5. The Balaban J connectivity index is 1.29. The molecule has 180 valence electrons. The highest BCUT2D eigenvalue weighted by atomic mass is 35.5. The largest absolute Gasteiger partial charge is 0.493 e. The number of halogens is 1. The Hall–Kier alpha value is -3.96. The van der Waals surface area contributed by atoms with Crippen LogP contribution in [0.15, 0.2) is 102 Å². The van der Waals surface area contributed by atoms with E-state index in [9.17, 15) is 0 Å². The summed E-state index contributed by atoms with van der Waals surface area (Å²) in [4.78, 5) is 0. The Morgan fingerprint density at radius 2 is 1.69 bits per heavy atom. The zero-order valence-electron chi connectivity index (χ0n) is 19.8. The van der Waals surface area contributed by atoms with Crippen molar-refractivity contribution < 1.29 is 14.2 Å². The van der Waals surface area contributed by atoms with Crippen LogP contribution in [0.1, 0.15) is 40.9 Å². The third-order valence-corrected chi connectivity index (χ3v) is 6.84. The van der Waals surface area contributed by atoms with Crippen LogP contribution in [0.5, 0.6) is 17.2 Å². The summed E-state index contributed by atoms with van der Waals surface area (Å²) in [5.41, 5.74) is 5.32. The molecule has 0 unspecified atom stereocenters. The lowest BCUT2D eigenvalue weighted by Crippen LogP contribution is -2.33. The second-order valence-corrected chi connectivity index (χ2v) is 9.28. The van der Waals surface area contributed by atoms with Gasteiger partial charge in [-0.3, -0.25) is 0 Å². The average Bonchev–Trinajstić information content (AvgIpc) is 3.39. The summed E-state index contributed by atoms with van der Waals surface area (Å²) in [5, 5.41) is 7.83. The topological polar surface area (TPSA) is 43.3 Å². The van der Waals surface area contributed by atoms with Gasteiger partial charge >= 0.3 is 0 Å². The normalized spacial score (nSPS) is 18.1. The smallest absolute Gasteiger partial charge is 0.214 e. The van der Waals surface area contributed by atoms with Gasteiger partial charge in [0.1, 0.15) is 12.4 Å². The summed E-state index contributed by atoms with van der Waals surface area (Å²) in [6.45, 7) is 0.472. The molecule has 2 heterocycles. The fourth-order valence-corrected chi connectivity index (χ4v) is 4.87. The molecule has 0 N–H and O–H groups in total. The molecule has 0 aromatic heterocycles. The van der Waals surface area contributed by atoms with Crippen molar-refractivity contribution >= 4 is 17.3 Å². The first-order valence-electron chi connectivity index (χ1n) is 11.9. The van der Waals surface area contributed by atoms with E-state index in [4.69, 9.17) is 30.9 Å². The molecular formula is C30H25ClN2O3.